The maximum Gasteiger partial charge on any atom is 0.416 e. The Bertz CT molecular complexity index is 413. The number of aryl methyl sites for hydroxylation is 1. The SMILES string of the molecule is CCCO[SiH](CCCCc1ccc(C(F)(F)F)cc1)OCCC. The van der Waals surface area contributed by atoms with E-state index in [1.165, 1.54) is 0 Å². The number of benzene rings is 1. The molecule has 23 heavy (non-hydrogen) atoms. The van der Waals surface area contributed by atoms with Crippen LogP contribution in [-0.4, -0.2) is 22.5 Å². The molecule has 0 saturated carbocycles. The van der Waals surface area contributed by atoms with Crippen LogP contribution in [0.4, 0.5) is 13.2 Å². The van der Waals surface area contributed by atoms with Crippen LogP contribution in [-0.2, 0) is 21.4 Å². The fourth-order valence-corrected chi connectivity index (χ4v) is 4.26. The Morgan fingerprint density at radius 1 is 0.913 bits per heavy atom. The van der Waals surface area contributed by atoms with Crippen molar-refractivity contribution in [2.45, 2.75) is 58.2 Å². The summed E-state index contributed by atoms with van der Waals surface area (Å²) in [6.45, 7) is 5.66. The largest absolute Gasteiger partial charge is 0.416 e. The highest BCUT2D eigenvalue weighted by Gasteiger charge is 2.29. The molecule has 2 nitrogen and oxygen atoms in total. The van der Waals surface area contributed by atoms with Crippen LogP contribution in [0.1, 0.15) is 50.7 Å². The van der Waals surface area contributed by atoms with E-state index in [1.54, 1.807) is 12.1 Å². The highest BCUT2D eigenvalue weighted by Crippen LogP contribution is 2.29. The Balaban J connectivity index is 2.31. The average molecular weight is 348 g/mol. The predicted octanol–water partition coefficient (Wildman–Crippen LogP) is 5.10. The molecular formula is C17H27F3O2Si. The van der Waals surface area contributed by atoms with Gasteiger partial charge in [0.2, 0.25) is 0 Å². The quantitative estimate of drug-likeness (QED) is 0.409. The van der Waals surface area contributed by atoms with Gasteiger partial charge < -0.3 is 8.85 Å². The minimum absolute atomic E-state index is 0.588. The van der Waals surface area contributed by atoms with Crippen LogP contribution in [0.15, 0.2) is 24.3 Å². The molecule has 0 aliphatic heterocycles. The zero-order chi connectivity index (χ0) is 17.1. The third kappa shape index (κ3) is 8.53. The summed E-state index contributed by atoms with van der Waals surface area (Å²) in [7, 11) is -1.57. The van der Waals surface area contributed by atoms with E-state index in [2.05, 4.69) is 13.8 Å². The maximum absolute atomic E-state index is 12.5. The topological polar surface area (TPSA) is 18.5 Å². The summed E-state index contributed by atoms with van der Waals surface area (Å²) in [6, 6.07) is 6.40. The first-order valence-electron chi connectivity index (χ1n) is 8.36. The molecule has 1 aromatic carbocycles. The summed E-state index contributed by atoms with van der Waals surface area (Å²) in [6.07, 6.45) is 0.450. The van der Waals surface area contributed by atoms with Gasteiger partial charge in [0.15, 0.2) is 0 Å². The average Bonchev–Trinajstić information content (AvgIpc) is 2.53. The molecule has 0 N–H and O–H groups in total. The third-order valence-corrected chi connectivity index (χ3v) is 5.55. The van der Waals surface area contributed by atoms with Crippen molar-refractivity contribution in [1.29, 1.82) is 0 Å². The second kappa shape index (κ2) is 10.8. The summed E-state index contributed by atoms with van der Waals surface area (Å²) in [5, 5.41) is 0. The van der Waals surface area contributed by atoms with Crippen molar-refractivity contribution >= 4 is 9.28 Å². The third-order valence-electron chi connectivity index (χ3n) is 3.45. The van der Waals surface area contributed by atoms with Gasteiger partial charge in [-0.2, -0.15) is 13.2 Å². The molecule has 0 bridgehead atoms. The van der Waals surface area contributed by atoms with Gasteiger partial charge in [0.05, 0.1) is 5.56 Å². The van der Waals surface area contributed by atoms with Gasteiger partial charge in [-0.3, -0.25) is 0 Å². The molecule has 0 unspecified atom stereocenters. The zero-order valence-corrected chi connectivity index (χ0v) is 15.1. The molecule has 0 radical (unpaired) electrons. The van der Waals surface area contributed by atoms with Gasteiger partial charge in [-0.1, -0.05) is 32.4 Å². The number of hydrogen-bond donors (Lipinski definition) is 0. The highest BCUT2D eigenvalue weighted by atomic mass is 28.3. The lowest BCUT2D eigenvalue weighted by Gasteiger charge is -2.16. The van der Waals surface area contributed by atoms with Crippen LogP contribution >= 0.6 is 0 Å². The standard InChI is InChI=1S/C17H27F3O2Si/c1-3-12-21-23(22-13-4-2)14-6-5-7-15-8-10-16(11-9-15)17(18,19)20/h8-11,23H,3-7,12-14H2,1-2H3. The van der Waals surface area contributed by atoms with Crippen molar-refractivity contribution in [3.63, 3.8) is 0 Å². The molecule has 132 valence electrons. The van der Waals surface area contributed by atoms with E-state index in [0.717, 1.165) is 69.1 Å². The second-order valence-corrected chi connectivity index (χ2v) is 7.71. The minimum Gasteiger partial charge on any atom is -0.397 e. The van der Waals surface area contributed by atoms with Gasteiger partial charge >= 0.3 is 15.5 Å². The Morgan fingerprint density at radius 3 is 1.96 bits per heavy atom. The Kier molecular flexibility index (Phi) is 9.51. The fourth-order valence-electron chi connectivity index (χ4n) is 2.21. The minimum atomic E-state index is -4.26. The number of rotatable bonds is 11. The van der Waals surface area contributed by atoms with Crippen molar-refractivity contribution in [1.82, 2.24) is 0 Å². The van der Waals surface area contributed by atoms with Crippen LogP contribution in [0.3, 0.4) is 0 Å². The van der Waals surface area contributed by atoms with E-state index in [0.29, 0.717) is 0 Å². The monoisotopic (exact) mass is 348 g/mol. The summed E-state index contributed by atoms with van der Waals surface area (Å²) in [5.74, 6) is 0. The van der Waals surface area contributed by atoms with Crippen LogP contribution in [0.25, 0.3) is 0 Å². The van der Waals surface area contributed by atoms with Crippen molar-refractivity contribution in [3.05, 3.63) is 35.4 Å². The molecule has 0 spiro atoms. The van der Waals surface area contributed by atoms with Gasteiger partial charge in [-0.25, -0.2) is 0 Å². The predicted molar refractivity (Wildman–Crippen MR) is 88.8 cm³/mol. The number of hydrogen-bond acceptors (Lipinski definition) is 2. The van der Waals surface area contributed by atoms with Crippen molar-refractivity contribution < 1.29 is 22.0 Å². The first-order chi connectivity index (χ1) is 11.0. The number of alkyl halides is 3. The Hall–Kier alpha value is -0.853. The van der Waals surface area contributed by atoms with Crippen molar-refractivity contribution in [3.8, 4) is 0 Å². The molecule has 0 saturated heterocycles. The molecule has 0 aliphatic carbocycles. The molecule has 6 heteroatoms. The van der Waals surface area contributed by atoms with Gasteiger partial charge in [0.1, 0.15) is 0 Å². The smallest absolute Gasteiger partial charge is 0.397 e. The molecule has 1 aromatic rings. The molecule has 0 atom stereocenters. The van der Waals surface area contributed by atoms with E-state index in [4.69, 9.17) is 8.85 Å². The summed E-state index contributed by atoms with van der Waals surface area (Å²) in [5.41, 5.74) is 0.356. The summed E-state index contributed by atoms with van der Waals surface area (Å²) < 4.78 is 49.1. The van der Waals surface area contributed by atoms with Crippen LogP contribution in [0.5, 0.6) is 0 Å². The lowest BCUT2D eigenvalue weighted by molar-refractivity contribution is -0.137. The van der Waals surface area contributed by atoms with Crippen LogP contribution in [0, 0.1) is 0 Å². The van der Waals surface area contributed by atoms with E-state index in [1.807, 2.05) is 0 Å². The summed E-state index contributed by atoms with van der Waals surface area (Å²) >= 11 is 0. The number of halogens is 3. The highest BCUT2D eigenvalue weighted by molar-refractivity contribution is 6.44. The van der Waals surface area contributed by atoms with Crippen LogP contribution < -0.4 is 0 Å². The first-order valence-corrected chi connectivity index (χ1v) is 10.1. The van der Waals surface area contributed by atoms with Gasteiger partial charge in [-0.15, -0.1) is 0 Å². The van der Waals surface area contributed by atoms with Gasteiger partial charge in [0, 0.05) is 13.2 Å². The summed E-state index contributed by atoms with van der Waals surface area (Å²) in [4.78, 5) is 0. The second-order valence-electron chi connectivity index (χ2n) is 5.61. The van der Waals surface area contributed by atoms with Gasteiger partial charge in [-0.05, 0) is 49.4 Å². The van der Waals surface area contributed by atoms with E-state index >= 15 is 0 Å². The normalized spacial score (nSPS) is 12.1. The maximum atomic E-state index is 12.5. The van der Waals surface area contributed by atoms with Crippen LogP contribution in [0.2, 0.25) is 6.04 Å². The van der Waals surface area contributed by atoms with Crippen molar-refractivity contribution in [2.75, 3.05) is 13.2 Å². The molecule has 1 rings (SSSR count). The molecule has 0 aliphatic rings. The number of unbranched alkanes of at least 4 members (excludes halogenated alkanes) is 1. The first kappa shape index (κ1) is 20.2. The van der Waals surface area contributed by atoms with Crippen molar-refractivity contribution in [2.24, 2.45) is 0 Å². The lowest BCUT2D eigenvalue weighted by atomic mass is 10.1. The van der Waals surface area contributed by atoms with E-state index < -0.39 is 21.0 Å². The molecule has 0 heterocycles. The molecule has 0 aromatic heterocycles. The molecular weight excluding hydrogens is 321 g/mol. The zero-order valence-electron chi connectivity index (χ0n) is 14.0. The fraction of sp³-hybridized carbons (Fsp3) is 0.647. The molecule has 0 fully saturated rings. The van der Waals surface area contributed by atoms with E-state index in [9.17, 15) is 13.2 Å². The van der Waals surface area contributed by atoms with E-state index in [-0.39, 0.29) is 0 Å². The lowest BCUT2D eigenvalue weighted by Crippen LogP contribution is -2.23. The Morgan fingerprint density at radius 2 is 1.48 bits per heavy atom. The molecule has 0 amide bonds. The Labute approximate surface area is 138 Å². The van der Waals surface area contributed by atoms with Gasteiger partial charge in [0.25, 0.3) is 0 Å².